The zero-order valence-electron chi connectivity index (χ0n) is 20.1. The van der Waals surface area contributed by atoms with Crippen molar-refractivity contribution in [2.45, 2.75) is 11.3 Å². The Labute approximate surface area is 219 Å². The number of esters is 2. The van der Waals surface area contributed by atoms with Crippen molar-refractivity contribution in [3.05, 3.63) is 104 Å². The van der Waals surface area contributed by atoms with Gasteiger partial charge < -0.3 is 18.9 Å². The maximum Gasteiger partial charge on any atom is 0.330 e. The number of hydrogen-bond acceptors (Lipinski definition) is 8. The fourth-order valence-corrected chi connectivity index (χ4v) is 3.82. The van der Waals surface area contributed by atoms with Crippen LogP contribution in [0.1, 0.15) is 16.8 Å². The topological polar surface area (TPSA) is 88.1 Å². The number of benzene rings is 3. The summed E-state index contributed by atoms with van der Waals surface area (Å²) < 4.78 is 20.6. The zero-order chi connectivity index (χ0) is 26.5. The van der Waals surface area contributed by atoms with Crippen LogP contribution in [0.5, 0.6) is 11.5 Å². The van der Waals surface area contributed by atoms with Crippen molar-refractivity contribution in [2.24, 2.45) is 0 Å². The molecule has 3 rings (SSSR count). The van der Waals surface area contributed by atoms with Crippen molar-refractivity contribution in [2.75, 3.05) is 19.8 Å². The van der Waals surface area contributed by atoms with Crippen LogP contribution in [-0.2, 0) is 19.1 Å². The molecule has 190 valence electrons. The second-order valence-corrected chi connectivity index (χ2v) is 8.48. The molecule has 0 radical (unpaired) electrons. The van der Waals surface area contributed by atoms with E-state index in [1.165, 1.54) is 0 Å². The number of thioether (sulfide) groups is 1. The van der Waals surface area contributed by atoms with E-state index in [2.05, 4.69) is 17.9 Å². The lowest BCUT2D eigenvalue weighted by atomic mass is 10.0. The Morgan fingerprint density at radius 2 is 1.30 bits per heavy atom. The molecule has 37 heavy (non-hydrogen) atoms. The van der Waals surface area contributed by atoms with Crippen molar-refractivity contribution in [3.63, 3.8) is 0 Å². The minimum absolute atomic E-state index is 0.0738. The van der Waals surface area contributed by atoms with Gasteiger partial charge in [-0.2, -0.15) is 0 Å². The van der Waals surface area contributed by atoms with E-state index in [1.54, 1.807) is 36.4 Å². The number of hydrogen-bond donors (Lipinski definition) is 0. The summed E-state index contributed by atoms with van der Waals surface area (Å²) in [4.78, 5) is 35.8. The first kappa shape index (κ1) is 27.3. The predicted octanol–water partition coefficient (Wildman–Crippen LogP) is 5.85. The van der Waals surface area contributed by atoms with Gasteiger partial charge in [-0.05, 0) is 71.4 Å². The summed E-state index contributed by atoms with van der Waals surface area (Å²) in [6.07, 6.45) is 2.33. The Kier molecular flexibility index (Phi) is 10.6. The highest BCUT2D eigenvalue weighted by molar-refractivity contribution is 8.14. The molecule has 0 saturated carbocycles. The first-order valence-electron chi connectivity index (χ1n) is 11.4. The molecule has 0 bridgehead atoms. The Balaban J connectivity index is 1.48. The fraction of sp³-hybridized carbons (Fsp3) is 0.138. The van der Waals surface area contributed by atoms with E-state index in [4.69, 9.17) is 14.2 Å². The molecule has 0 aromatic heterocycles. The van der Waals surface area contributed by atoms with Gasteiger partial charge in [0.15, 0.2) is 0 Å². The maximum absolute atomic E-state index is 12.7. The van der Waals surface area contributed by atoms with Gasteiger partial charge >= 0.3 is 11.9 Å². The molecule has 3 aromatic carbocycles. The van der Waals surface area contributed by atoms with Gasteiger partial charge in [-0.1, -0.05) is 37.4 Å². The smallest absolute Gasteiger partial charge is 0.330 e. The molecular weight excluding hydrogens is 492 g/mol. The van der Waals surface area contributed by atoms with Crippen molar-refractivity contribution < 1.29 is 33.3 Å². The van der Waals surface area contributed by atoms with Crippen LogP contribution in [0, 0.1) is 0 Å². The van der Waals surface area contributed by atoms with E-state index in [1.807, 2.05) is 36.4 Å². The van der Waals surface area contributed by atoms with E-state index < -0.39 is 11.9 Å². The van der Waals surface area contributed by atoms with Gasteiger partial charge in [-0.3, -0.25) is 9.59 Å². The molecule has 0 spiro atoms. The van der Waals surface area contributed by atoms with Gasteiger partial charge in [0, 0.05) is 16.5 Å². The number of carbonyl (C=O) groups excluding carboxylic acids is 3. The van der Waals surface area contributed by atoms with E-state index in [-0.39, 0.29) is 31.4 Å². The Morgan fingerprint density at radius 1 is 0.730 bits per heavy atom. The SMILES string of the molecule is C=COC(=O)CCOc1ccc(-c2ccc(C(=O)Sc3ccc(OCCOC(=O)C=C)cc3)cc2)cc1. The molecule has 0 N–H and O–H groups in total. The van der Waals surface area contributed by atoms with Crippen LogP contribution in [0.25, 0.3) is 11.1 Å². The van der Waals surface area contributed by atoms with E-state index in [0.29, 0.717) is 17.1 Å². The quantitative estimate of drug-likeness (QED) is 0.0916. The standard InChI is InChI=1S/C29H26O7S/c1-3-27(30)36-20-19-35-25-13-15-26(16-14-25)37-29(32)23-7-5-21(6-8-23)22-9-11-24(12-10-22)34-18-17-28(31)33-4-2/h3-16H,1-2,17-20H2. The van der Waals surface area contributed by atoms with Crippen LogP contribution in [0.4, 0.5) is 0 Å². The first-order chi connectivity index (χ1) is 18.0. The minimum atomic E-state index is -0.494. The second-order valence-electron chi connectivity index (χ2n) is 7.44. The van der Waals surface area contributed by atoms with Gasteiger partial charge in [-0.15, -0.1) is 0 Å². The summed E-state index contributed by atoms with van der Waals surface area (Å²) in [7, 11) is 0. The second kappa shape index (κ2) is 14.3. The van der Waals surface area contributed by atoms with E-state index in [0.717, 1.165) is 40.1 Å². The van der Waals surface area contributed by atoms with Gasteiger partial charge in [0.1, 0.15) is 24.7 Å². The molecule has 7 nitrogen and oxygen atoms in total. The summed E-state index contributed by atoms with van der Waals surface area (Å²) in [5.74, 6) is 0.366. The lowest BCUT2D eigenvalue weighted by molar-refractivity contribution is -0.139. The summed E-state index contributed by atoms with van der Waals surface area (Å²) in [5, 5.41) is -0.0738. The molecule has 0 amide bonds. The average Bonchev–Trinajstić information content (AvgIpc) is 2.92. The Morgan fingerprint density at radius 3 is 1.89 bits per heavy atom. The highest BCUT2D eigenvalue weighted by Gasteiger charge is 2.10. The first-order valence-corrected chi connectivity index (χ1v) is 12.2. The van der Waals surface area contributed by atoms with Crippen LogP contribution in [0.3, 0.4) is 0 Å². The van der Waals surface area contributed by atoms with Crippen molar-refractivity contribution in [1.82, 2.24) is 0 Å². The highest BCUT2D eigenvalue weighted by atomic mass is 32.2. The van der Waals surface area contributed by atoms with E-state index >= 15 is 0 Å². The predicted molar refractivity (Wildman–Crippen MR) is 142 cm³/mol. The highest BCUT2D eigenvalue weighted by Crippen LogP contribution is 2.27. The maximum atomic E-state index is 12.7. The molecule has 0 saturated heterocycles. The molecule has 0 aliphatic rings. The normalized spacial score (nSPS) is 10.2. The van der Waals surface area contributed by atoms with Crippen LogP contribution in [0.15, 0.2) is 103 Å². The number of ether oxygens (including phenoxy) is 4. The average molecular weight is 519 g/mol. The molecule has 0 atom stereocenters. The van der Waals surface area contributed by atoms with Gasteiger partial charge in [-0.25, -0.2) is 4.79 Å². The number of carbonyl (C=O) groups is 3. The molecule has 0 aliphatic heterocycles. The largest absolute Gasteiger partial charge is 0.493 e. The molecule has 0 unspecified atom stereocenters. The lowest BCUT2D eigenvalue weighted by Gasteiger charge is -2.08. The Bertz CT molecular complexity index is 1220. The Hall–Kier alpha value is -4.30. The third kappa shape index (κ3) is 9.01. The summed E-state index contributed by atoms with van der Waals surface area (Å²) in [6.45, 7) is 7.23. The van der Waals surface area contributed by atoms with Crippen LogP contribution in [0.2, 0.25) is 0 Å². The van der Waals surface area contributed by atoms with E-state index in [9.17, 15) is 14.4 Å². The third-order valence-electron chi connectivity index (χ3n) is 4.90. The minimum Gasteiger partial charge on any atom is -0.493 e. The van der Waals surface area contributed by atoms with Gasteiger partial charge in [0.2, 0.25) is 5.12 Å². The number of rotatable bonds is 13. The molecule has 8 heteroatoms. The van der Waals surface area contributed by atoms with Gasteiger partial charge in [0.05, 0.1) is 19.3 Å². The van der Waals surface area contributed by atoms with Crippen LogP contribution in [-0.4, -0.2) is 36.9 Å². The summed E-state index contributed by atoms with van der Waals surface area (Å²) in [5.41, 5.74) is 2.52. The molecule has 3 aromatic rings. The summed E-state index contributed by atoms with van der Waals surface area (Å²) >= 11 is 1.13. The third-order valence-corrected chi connectivity index (χ3v) is 5.82. The fourth-order valence-electron chi connectivity index (χ4n) is 3.08. The van der Waals surface area contributed by atoms with Crippen molar-refractivity contribution >= 4 is 28.8 Å². The molecule has 0 heterocycles. The molecule has 0 fully saturated rings. The molecule has 0 aliphatic carbocycles. The van der Waals surface area contributed by atoms with Gasteiger partial charge in [0.25, 0.3) is 0 Å². The lowest BCUT2D eigenvalue weighted by Crippen LogP contribution is -2.10. The van der Waals surface area contributed by atoms with Crippen molar-refractivity contribution in [3.8, 4) is 22.6 Å². The molecular formula is C29H26O7S. The van der Waals surface area contributed by atoms with Crippen molar-refractivity contribution in [1.29, 1.82) is 0 Å². The van der Waals surface area contributed by atoms with Crippen LogP contribution < -0.4 is 9.47 Å². The monoisotopic (exact) mass is 518 g/mol. The summed E-state index contributed by atoms with van der Waals surface area (Å²) in [6, 6.07) is 22.0. The zero-order valence-corrected chi connectivity index (χ0v) is 20.9. The van der Waals surface area contributed by atoms with Crippen LogP contribution >= 0.6 is 11.8 Å².